The van der Waals surface area contributed by atoms with Gasteiger partial charge >= 0.3 is 0 Å². The minimum absolute atomic E-state index is 0.0889. The Morgan fingerprint density at radius 2 is 1.80 bits per heavy atom. The maximum absolute atomic E-state index is 11.5. The second-order valence-corrected chi connectivity index (χ2v) is 5.57. The Labute approximate surface area is 121 Å². The lowest BCUT2D eigenvalue weighted by Crippen LogP contribution is -2.28. The average molecular weight is 278 g/mol. The third kappa shape index (κ3) is 7.02. The number of rotatable bonds is 8. The molecule has 1 aromatic carbocycles. The van der Waals surface area contributed by atoms with Crippen LogP contribution in [0.3, 0.4) is 0 Å². The maximum Gasteiger partial charge on any atom is 0.221 e. The molecule has 0 aromatic heterocycles. The molecule has 1 rings (SSSR count). The number of hydrogen-bond acceptors (Lipinski definition) is 3. The Hall–Kier alpha value is -1.71. The zero-order valence-corrected chi connectivity index (χ0v) is 12.9. The van der Waals surface area contributed by atoms with Crippen LogP contribution in [0.2, 0.25) is 0 Å². The third-order valence-corrected chi connectivity index (χ3v) is 2.61. The average Bonchev–Trinajstić information content (AvgIpc) is 2.38. The van der Waals surface area contributed by atoms with Crippen molar-refractivity contribution in [2.75, 3.05) is 18.4 Å². The number of carbonyl (C=O) groups excluding carboxylic acids is 1. The summed E-state index contributed by atoms with van der Waals surface area (Å²) in [6, 6.07) is 7.79. The molecule has 1 aromatic rings. The molecule has 4 nitrogen and oxygen atoms in total. The van der Waals surface area contributed by atoms with E-state index in [1.165, 1.54) is 0 Å². The lowest BCUT2D eigenvalue weighted by molar-refractivity contribution is -0.120. The number of benzene rings is 1. The summed E-state index contributed by atoms with van der Waals surface area (Å²) in [5.41, 5.74) is 0.998. The number of carbonyl (C=O) groups is 1. The van der Waals surface area contributed by atoms with Crippen molar-refractivity contribution in [1.82, 2.24) is 5.32 Å². The fourth-order valence-corrected chi connectivity index (χ4v) is 1.65. The summed E-state index contributed by atoms with van der Waals surface area (Å²) < 4.78 is 5.57. The summed E-state index contributed by atoms with van der Waals surface area (Å²) in [6.45, 7) is 9.54. The number of amides is 1. The molecule has 2 N–H and O–H groups in total. The molecule has 0 bridgehead atoms. The molecule has 0 fully saturated rings. The van der Waals surface area contributed by atoms with Crippen LogP contribution in [-0.4, -0.2) is 25.1 Å². The fraction of sp³-hybridized carbons (Fsp3) is 0.562. The summed E-state index contributed by atoms with van der Waals surface area (Å²) in [7, 11) is 0. The van der Waals surface area contributed by atoms with Gasteiger partial charge in [0.2, 0.25) is 5.91 Å². The molecule has 1 amide bonds. The molecule has 0 unspecified atom stereocenters. The van der Waals surface area contributed by atoms with Crippen LogP contribution in [0.15, 0.2) is 24.3 Å². The molecule has 0 atom stereocenters. The first-order valence-electron chi connectivity index (χ1n) is 7.24. The van der Waals surface area contributed by atoms with Gasteiger partial charge in [-0.05, 0) is 44.0 Å². The van der Waals surface area contributed by atoms with Crippen LogP contribution in [0.4, 0.5) is 5.69 Å². The molecule has 20 heavy (non-hydrogen) atoms. The van der Waals surface area contributed by atoms with E-state index in [2.05, 4.69) is 24.5 Å². The van der Waals surface area contributed by atoms with E-state index in [1.54, 1.807) is 0 Å². The van der Waals surface area contributed by atoms with E-state index < -0.39 is 0 Å². The minimum atomic E-state index is 0.0889. The van der Waals surface area contributed by atoms with Crippen molar-refractivity contribution in [3.8, 4) is 5.75 Å². The molecule has 0 aliphatic rings. The van der Waals surface area contributed by atoms with E-state index in [1.807, 2.05) is 38.1 Å². The van der Waals surface area contributed by atoms with Gasteiger partial charge in [0.25, 0.3) is 0 Å². The molecule has 0 heterocycles. The standard InChI is InChI=1S/C16H26N2O2/c1-12(2)11-18-16(19)9-10-17-14-5-7-15(8-6-14)20-13(3)4/h5-8,12-13,17H,9-11H2,1-4H3,(H,18,19). The van der Waals surface area contributed by atoms with Gasteiger partial charge in [0.1, 0.15) is 5.75 Å². The fourth-order valence-electron chi connectivity index (χ4n) is 1.65. The molecule has 0 spiro atoms. The van der Waals surface area contributed by atoms with Crippen molar-refractivity contribution in [3.63, 3.8) is 0 Å². The second kappa shape index (κ2) is 8.46. The first kappa shape index (κ1) is 16.3. The van der Waals surface area contributed by atoms with Crippen LogP contribution in [-0.2, 0) is 4.79 Å². The van der Waals surface area contributed by atoms with Gasteiger partial charge in [0.15, 0.2) is 0 Å². The number of hydrogen-bond donors (Lipinski definition) is 2. The van der Waals surface area contributed by atoms with Crippen molar-refractivity contribution in [2.24, 2.45) is 5.92 Å². The monoisotopic (exact) mass is 278 g/mol. The summed E-state index contributed by atoms with van der Waals surface area (Å²) in [6.07, 6.45) is 0.662. The smallest absolute Gasteiger partial charge is 0.221 e. The predicted molar refractivity (Wildman–Crippen MR) is 83.2 cm³/mol. The molecular formula is C16H26N2O2. The van der Waals surface area contributed by atoms with E-state index in [4.69, 9.17) is 4.74 Å². The van der Waals surface area contributed by atoms with Crippen molar-refractivity contribution in [3.05, 3.63) is 24.3 Å². The van der Waals surface area contributed by atoms with E-state index in [0.717, 1.165) is 18.0 Å². The van der Waals surface area contributed by atoms with Gasteiger partial charge in [-0.25, -0.2) is 0 Å². The molecule has 0 aliphatic carbocycles. The first-order valence-corrected chi connectivity index (χ1v) is 7.24. The van der Waals surface area contributed by atoms with Gasteiger partial charge in [0.05, 0.1) is 6.10 Å². The third-order valence-electron chi connectivity index (χ3n) is 2.61. The van der Waals surface area contributed by atoms with Gasteiger partial charge in [-0.15, -0.1) is 0 Å². The molecule has 4 heteroatoms. The minimum Gasteiger partial charge on any atom is -0.491 e. The quantitative estimate of drug-likeness (QED) is 0.768. The summed E-state index contributed by atoms with van der Waals surface area (Å²) in [5, 5.41) is 6.13. The van der Waals surface area contributed by atoms with E-state index >= 15 is 0 Å². The van der Waals surface area contributed by atoms with E-state index in [0.29, 0.717) is 18.9 Å². The molecule has 112 valence electrons. The second-order valence-electron chi connectivity index (χ2n) is 5.57. The van der Waals surface area contributed by atoms with Crippen molar-refractivity contribution in [1.29, 1.82) is 0 Å². The van der Waals surface area contributed by atoms with Crippen LogP contribution in [0.1, 0.15) is 34.1 Å². The van der Waals surface area contributed by atoms with E-state index in [-0.39, 0.29) is 12.0 Å². The van der Waals surface area contributed by atoms with Gasteiger partial charge in [-0.1, -0.05) is 13.8 Å². The highest BCUT2D eigenvalue weighted by Crippen LogP contribution is 2.16. The Balaban J connectivity index is 2.26. The molecule has 0 saturated heterocycles. The highest BCUT2D eigenvalue weighted by molar-refractivity contribution is 5.76. The summed E-state index contributed by atoms with van der Waals surface area (Å²) >= 11 is 0. The van der Waals surface area contributed by atoms with Crippen LogP contribution in [0.25, 0.3) is 0 Å². The van der Waals surface area contributed by atoms with Gasteiger partial charge in [-0.3, -0.25) is 4.79 Å². The SMILES string of the molecule is CC(C)CNC(=O)CCNc1ccc(OC(C)C)cc1. The molecule has 0 aliphatic heterocycles. The number of nitrogens with one attached hydrogen (secondary N) is 2. The van der Waals surface area contributed by atoms with Gasteiger partial charge < -0.3 is 15.4 Å². The van der Waals surface area contributed by atoms with Gasteiger partial charge in [0, 0.05) is 25.2 Å². The number of ether oxygens (including phenoxy) is 1. The Morgan fingerprint density at radius 3 is 2.35 bits per heavy atom. The van der Waals surface area contributed by atoms with Crippen LogP contribution in [0.5, 0.6) is 5.75 Å². The largest absolute Gasteiger partial charge is 0.491 e. The van der Waals surface area contributed by atoms with Crippen molar-refractivity contribution < 1.29 is 9.53 Å². The summed E-state index contributed by atoms with van der Waals surface area (Å²) in [4.78, 5) is 11.5. The van der Waals surface area contributed by atoms with Crippen molar-refractivity contribution >= 4 is 11.6 Å². The van der Waals surface area contributed by atoms with Crippen molar-refractivity contribution in [2.45, 2.75) is 40.2 Å². The van der Waals surface area contributed by atoms with Crippen LogP contribution in [0, 0.1) is 5.92 Å². The zero-order chi connectivity index (χ0) is 15.0. The Bertz CT molecular complexity index is 399. The van der Waals surface area contributed by atoms with Crippen LogP contribution < -0.4 is 15.4 Å². The van der Waals surface area contributed by atoms with E-state index in [9.17, 15) is 4.79 Å². The number of anilines is 1. The first-order chi connectivity index (χ1) is 9.47. The van der Waals surface area contributed by atoms with Gasteiger partial charge in [-0.2, -0.15) is 0 Å². The molecular weight excluding hydrogens is 252 g/mol. The maximum atomic E-state index is 11.5. The lowest BCUT2D eigenvalue weighted by atomic mass is 10.2. The normalized spacial score (nSPS) is 10.7. The molecule has 0 saturated carbocycles. The highest BCUT2D eigenvalue weighted by Gasteiger charge is 2.02. The molecule has 0 radical (unpaired) electrons. The highest BCUT2D eigenvalue weighted by atomic mass is 16.5. The lowest BCUT2D eigenvalue weighted by Gasteiger charge is -2.11. The Kier molecular flexibility index (Phi) is 6.91. The zero-order valence-electron chi connectivity index (χ0n) is 12.9. The topological polar surface area (TPSA) is 50.4 Å². The Morgan fingerprint density at radius 1 is 1.15 bits per heavy atom. The predicted octanol–water partition coefficient (Wildman–Crippen LogP) is 3.05. The summed E-state index contributed by atoms with van der Waals surface area (Å²) in [5.74, 6) is 1.44. The van der Waals surface area contributed by atoms with Crippen LogP contribution >= 0.6 is 0 Å².